The van der Waals surface area contributed by atoms with Gasteiger partial charge in [0.15, 0.2) is 5.16 Å². The Morgan fingerprint density at radius 3 is 2.35 bits per heavy atom. The average molecular weight is 522 g/mol. The molecule has 0 bridgehead atoms. The van der Waals surface area contributed by atoms with Gasteiger partial charge in [-0.3, -0.25) is 9.59 Å². The van der Waals surface area contributed by atoms with Gasteiger partial charge in [0.25, 0.3) is 11.5 Å². The molecule has 0 spiro atoms. The van der Waals surface area contributed by atoms with Gasteiger partial charge in [-0.2, -0.15) is 0 Å². The summed E-state index contributed by atoms with van der Waals surface area (Å²) in [7, 11) is 3.11. The standard InChI is InChI=1S/C27H27N3O6S/c1-27(2,3)30-25(33)22-23(15-6-8-17(34-4)9-7-15)28-26(29-24(22)32)37-14-16-12-21(31)36-20-11-10-18(35-5)13-19(16)20/h6-13H,14H2,1-5H3,(H,30,33)(H,28,29,32). The van der Waals surface area contributed by atoms with Gasteiger partial charge in [-0.05, 0) is 68.8 Å². The fourth-order valence-corrected chi connectivity index (χ4v) is 4.54. The number of benzene rings is 2. The van der Waals surface area contributed by atoms with Crippen LogP contribution in [0.4, 0.5) is 0 Å². The van der Waals surface area contributed by atoms with Crippen molar-refractivity contribution < 1.29 is 18.7 Å². The summed E-state index contributed by atoms with van der Waals surface area (Å²) in [5, 5.41) is 3.85. The number of methoxy groups -OCH3 is 2. The zero-order valence-electron chi connectivity index (χ0n) is 21.1. The van der Waals surface area contributed by atoms with Crippen LogP contribution >= 0.6 is 11.8 Å². The minimum Gasteiger partial charge on any atom is -0.497 e. The van der Waals surface area contributed by atoms with Crippen LogP contribution in [0.25, 0.3) is 22.2 Å². The number of nitrogens with one attached hydrogen (secondary N) is 2. The van der Waals surface area contributed by atoms with Crippen LogP contribution in [0.15, 0.2) is 67.7 Å². The number of H-pyrrole nitrogens is 1. The molecule has 2 aromatic heterocycles. The van der Waals surface area contributed by atoms with Gasteiger partial charge in [0, 0.05) is 28.3 Å². The fourth-order valence-electron chi connectivity index (χ4n) is 3.69. The van der Waals surface area contributed by atoms with Gasteiger partial charge in [0.1, 0.15) is 22.6 Å². The summed E-state index contributed by atoms with van der Waals surface area (Å²) >= 11 is 1.23. The van der Waals surface area contributed by atoms with E-state index in [9.17, 15) is 14.4 Å². The Bertz CT molecular complexity index is 1570. The predicted octanol–water partition coefficient (Wildman–Crippen LogP) is 4.38. The van der Waals surface area contributed by atoms with Crippen LogP contribution in [0.3, 0.4) is 0 Å². The second kappa shape index (κ2) is 10.5. The largest absolute Gasteiger partial charge is 0.497 e. The summed E-state index contributed by atoms with van der Waals surface area (Å²) in [6, 6.07) is 13.5. The number of carbonyl (C=O) groups is 1. The zero-order valence-corrected chi connectivity index (χ0v) is 21.9. The van der Waals surface area contributed by atoms with Crippen molar-refractivity contribution in [3.05, 3.63) is 80.4 Å². The van der Waals surface area contributed by atoms with Gasteiger partial charge < -0.3 is 24.2 Å². The van der Waals surface area contributed by atoms with Crippen LogP contribution in [0, 0.1) is 0 Å². The number of fused-ring (bicyclic) bond motifs is 1. The molecule has 0 saturated carbocycles. The van der Waals surface area contributed by atoms with E-state index in [0.717, 1.165) is 0 Å². The maximum atomic E-state index is 13.2. The molecule has 0 aliphatic carbocycles. The monoisotopic (exact) mass is 521 g/mol. The van der Waals surface area contributed by atoms with Gasteiger partial charge >= 0.3 is 5.63 Å². The number of hydrogen-bond acceptors (Lipinski definition) is 8. The van der Waals surface area contributed by atoms with Crippen molar-refractivity contribution in [2.24, 2.45) is 0 Å². The summed E-state index contributed by atoms with van der Waals surface area (Å²) in [5.74, 6) is 1.04. The number of amides is 1. The summed E-state index contributed by atoms with van der Waals surface area (Å²) in [5.41, 5.74) is 0.270. The first-order chi connectivity index (χ1) is 17.6. The Labute approximate surface area is 217 Å². The first-order valence-electron chi connectivity index (χ1n) is 11.4. The molecule has 0 aliphatic heterocycles. The molecule has 192 valence electrons. The van der Waals surface area contributed by atoms with E-state index in [0.29, 0.717) is 44.5 Å². The zero-order chi connectivity index (χ0) is 26.7. The summed E-state index contributed by atoms with van der Waals surface area (Å²) in [6.07, 6.45) is 0. The van der Waals surface area contributed by atoms with Gasteiger partial charge in [-0.25, -0.2) is 9.78 Å². The lowest BCUT2D eigenvalue weighted by atomic mass is 10.0. The maximum absolute atomic E-state index is 13.2. The molecular formula is C27H27N3O6S. The number of rotatable bonds is 7. The molecule has 0 unspecified atom stereocenters. The number of thioether (sulfide) groups is 1. The van der Waals surface area contributed by atoms with Gasteiger partial charge in [-0.15, -0.1) is 0 Å². The lowest BCUT2D eigenvalue weighted by molar-refractivity contribution is 0.0918. The molecule has 0 atom stereocenters. The normalized spacial score (nSPS) is 11.4. The molecule has 2 N–H and O–H groups in total. The topological polar surface area (TPSA) is 124 Å². The van der Waals surface area contributed by atoms with Crippen LogP contribution < -0.4 is 26.0 Å². The molecule has 0 saturated heterocycles. The van der Waals surface area contributed by atoms with Crippen molar-refractivity contribution in [3.8, 4) is 22.8 Å². The highest BCUT2D eigenvalue weighted by molar-refractivity contribution is 7.98. The molecule has 1 amide bonds. The van der Waals surface area contributed by atoms with Crippen LogP contribution in [-0.2, 0) is 5.75 Å². The fraction of sp³-hybridized carbons (Fsp3) is 0.259. The van der Waals surface area contributed by atoms with Gasteiger partial charge in [0.2, 0.25) is 0 Å². The Hall–Kier alpha value is -4.05. The first kappa shape index (κ1) is 26.0. The van der Waals surface area contributed by atoms with Crippen molar-refractivity contribution >= 4 is 28.6 Å². The second-order valence-corrected chi connectivity index (χ2v) is 10.2. The minimum atomic E-state index is -0.566. The molecule has 37 heavy (non-hydrogen) atoms. The number of hydrogen-bond donors (Lipinski definition) is 2. The average Bonchev–Trinajstić information content (AvgIpc) is 2.85. The number of carbonyl (C=O) groups excluding carboxylic acids is 1. The SMILES string of the molecule is COc1ccc(-c2nc(SCc3cc(=O)oc4ccc(OC)cc34)[nH]c(=O)c2C(=O)NC(C)(C)C)cc1. The summed E-state index contributed by atoms with van der Waals surface area (Å²) in [6.45, 7) is 5.50. The quantitative estimate of drug-likeness (QED) is 0.209. The molecule has 10 heteroatoms. The van der Waals surface area contributed by atoms with E-state index in [4.69, 9.17) is 13.9 Å². The maximum Gasteiger partial charge on any atom is 0.336 e. The second-order valence-electron chi connectivity index (χ2n) is 9.27. The number of aromatic amines is 1. The molecule has 9 nitrogen and oxygen atoms in total. The highest BCUT2D eigenvalue weighted by Crippen LogP contribution is 2.29. The van der Waals surface area contributed by atoms with Gasteiger partial charge in [0.05, 0.1) is 19.9 Å². The van der Waals surface area contributed by atoms with Crippen LogP contribution in [0.2, 0.25) is 0 Å². The number of nitrogens with zero attached hydrogens (tertiary/aromatic N) is 1. The van der Waals surface area contributed by atoms with Crippen LogP contribution in [0.5, 0.6) is 11.5 Å². The first-order valence-corrected chi connectivity index (χ1v) is 12.4. The lowest BCUT2D eigenvalue weighted by Crippen LogP contribution is -2.43. The molecule has 2 aromatic carbocycles. The highest BCUT2D eigenvalue weighted by Gasteiger charge is 2.24. The van der Waals surface area contributed by atoms with Crippen LogP contribution in [-0.4, -0.2) is 35.6 Å². The Kier molecular flexibility index (Phi) is 7.40. The van der Waals surface area contributed by atoms with E-state index in [-0.39, 0.29) is 11.3 Å². The van der Waals surface area contributed by atoms with E-state index >= 15 is 0 Å². The molecular weight excluding hydrogens is 494 g/mol. The third kappa shape index (κ3) is 6.03. The lowest BCUT2D eigenvalue weighted by Gasteiger charge is -2.21. The van der Waals surface area contributed by atoms with E-state index in [2.05, 4.69) is 15.3 Å². The van der Waals surface area contributed by atoms with Crippen molar-refractivity contribution in [3.63, 3.8) is 0 Å². The Morgan fingerprint density at radius 1 is 1.03 bits per heavy atom. The van der Waals surface area contributed by atoms with E-state index in [1.807, 2.05) is 20.8 Å². The Morgan fingerprint density at radius 2 is 1.70 bits per heavy atom. The molecule has 0 fully saturated rings. The van der Waals surface area contributed by atoms with Crippen LogP contribution in [0.1, 0.15) is 36.7 Å². The van der Waals surface area contributed by atoms with Crippen molar-refractivity contribution in [2.75, 3.05) is 14.2 Å². The third-order valence-corrected chi connectivity index (χ3v) is 6.30. The van der Waals surface area contributed by atoms with Crippen molar-refractivity contribution in [1.82, 2.24) is 15.3 Å². The molecule has 0 radical (unpaired) electrons. The van der Waals surface area contributed by atoms with Crippen molar-refractivity contribution in [1.29, 1.82) is 0 Å². The molecule has 2 heterocycles. The number of aromatic nitrogens is 2. The summed E-state index contributed by atoms with van der Waals surface area (Å²) < 4.78 is 15.8. The minimum absolute atomic E-state index is 0.0833. The van der Waals surface area contributed by atoms with E-state index in [1.165, 1.54) is 17.8 Å². The number of ether oxygens (including phenoxy) is 2. The molecule has 0 aliphatic rings. The van der Waals surface area contributed by atoms with Crippen molar-refractivity contribution in [2.45, 2.75) is 37.2 Å². The Balaban J connectivity index is 1.76. The third-order valence-electron chi connectivity index (χ3n) is 5.38. The molecule has 4 aromatic rings. The smallest absolute Gasteiger partial charge is 0.336 e. The van der Waals surface area contributed by atoms with Gasteiger partial charge in [-0.1, -0.05) is 11.8 Å². The summed E-state index contributed by atoms with van der Waals surface area (Å²) in [4.78, 5) is 45.7. The molecule has 4 rings (SSSR count). The highest BCUT2D eigenvalue weighted by atomic mass is 32.2. The van der Waals surface area contributed by atoms with E-state index in [1.54, 1.807) is 56.7 Å². The predicted molar refractivity (Wildman–Crippen MR) is 143 cm³/mol. The van der Waals surface area contributed by atoms with E-state index < -0.39 is 22.6 Å².